The second-order valence-corrected chi connectivity index (χ2v) is 9.08. The molecule has 32 heavy (non-hydrogen) atoms. The van der Waals surface area contributed by atoms with Crippen LogP contribution in [0.5, 0.6) is 0 Å². The number of thiophene rings is 1. The summed E-state index contributed by atoms with van der Waals surface area (Å²) in [6.07, 6.45) is 3.89. The van der Waals surface area contributed by atoms with Crippen LogP contribution in [0.1, 0.15) is 0 Å². The van der Waals surface area contributed by atoms with Crippen molar-refractivity contribution in [2.24, 2.45) is 0 Å². The van der Waals surface area contributed by atoms with E-state index in [1.165, 1.54) is 25.7 Å². The number of rotatable bonds is 2. The smallest absolute Gasteiger partial charge is 0.143 e. The Morgan fingerprint density at radius 2 is 1.28 bits per heavy atom. The molecule has 0 aliphatic carbocycles. The normalized spacial score (nSPS) is 11.8. The quantitative estimate of drug-likeness (QED) is 0.276. The van der Waals surface area contributed by atoms with Gasteiger partial charge in [-0.05, 0) is 18.2 Å². The molecule has 0 spiro atoms. The molecule has 0 unspecified atom stereocenters. The van der Waals surface area contributed by atoms with Crippen LogP contribution >= 0.6 is 11.3 Å². The third-order valence-electron chi connectivity index (χ3n) is 6.17. The van der Waals surface area contributed by atoms with Crippen LogP contribution in [0.3, 0.4) is 0 Å². The van der Waals surface area contributed by atoms with Crippen LogP contribution in [-0.2, 0) is 0 Å². The summed E-state index contributed by atoms with van der Waals surface area (Å²) in [4.78, 5) is 4.62. The van der Waals surface area contributed by atoms with Crippen LogP contribution in [0.4, 0.5) is 0 Å². The summed E-state index contributed by atoms with van der Waals surface area (Å²) < 4.78 is 8.88. The lowest BCUT2D eigenvalue weighted by Crippen LogP contribution is -1.85. The highest BCUT2D eigenvalue weighted by Crippen LogP contribution is 2.41. The number of furan rings is 1. The first-order chi connectivity index (χ1) is 15.9. The Morgan fingerprint density at radius 3 is 2.19 bits per heavy atom. The van der Waals surface area contributed by atoms with Gasteiger partial charge in [-0.3, -0.25) is 4.98 Å². The van der Waals surface area contributed by atoms with Gasteiger partial charge >= 0.3 is 0 Å². The summed E-state index contributed by atoms with van der Waals surface area (Å²) in [5.41, 5.74) is 6.28. The highest BCUT2D eigenvalue weighted by Gasteiger charge is 2.14. The van der Waals surface area contributed by atoms with Crippen molar-refractivity contribution < 1.29 is 4.42 Å². The number of pyridine rings is 1. The summed E-state index contributed by atoms with van der Waals surface area (Å²) in [7, 11) is 0. The monoisotopic (exact) mass is 427 g/mol. The van der Waals surface area contributed by atoms with Crippen molar-refractivity contribution in [1.29, 1.82) is 0 Å². The largest absolute Gasteiger partial charge is 0.455 e. The number of hydrogen-bond acceptors (Lipinski definition) is 3. The second kappa shape index (κ2) is 6.78. The Hall–Kier alpha value is -3.95. The van der Waals surface area contributed by atoms with Crippen LogP contribution in [0.15, 0.2) is 108 Å². The zero-order valence-electron chi connectivity index (χ0n) is 17.1. The molecule has 0 fully saturated rings. The van der Waals surface area contributed by atoms with Gasteiger partial charge in [0.1, 0.15) is 11.2 Å². The highest BCUT2D eigenvalue weighted by molar-refractivity contribution is 7.26. The molecule has 0 atom stereocenters. The number of aromatic nitrogens is 1. The molecule has 4 aromatic carbocycles. The maximum atomic E-state index is 6.27. The Bertz CT molecular complexity index is 1660. The molecule has 0 aliphatic rings. The molecular formula is C29H17NOS. The highest BCUT2D eigenvalue weighted by atomic mass is 32.1. The zero-order valence-corrected chi connectivity index (χ0v) is 17.9. The van der Waals surface area contributed by atoms with Crippen LogP contribution in [-0.4, -0.2) is 4.98 Å². The molecule has 0 saturated carbocycles. The molecule has 0 N–H and O–H groups in total. The van der Waals surface area contributed by atoms with Crippen LogP contribution in [0.25, 0.3) is 64.4 Å². The van der Waals surface area contributed by atoms with E-state index in [4.69, 9.17) is 4.42 Å². The molecule has 3 heterocycles. The summed E-state index contributed by atoms with van der Waals surface area (Å²) in [6, 6.07) is 31.9. The van der Waals surface area contributed by atoms with Gasteiger partial charge in [-0.2, -0.15) is 0 Å². The van der Waals surface area contributed by atoms with Crippen LogP contribution < -0.4 is 0 Å². The molecule has 0 aliphatic heterocycles. The first-order valence-corrected chi connectivity index (χ1v) is 11.4. The molecule has 150 valence electrons. The second-order valence-electron chi connectivity index (χ2n) is 8.02. The van der Waals surface area contributed by atoms with Crippen molar-refractivity contribution in [1.82, 2.24) is 4.98 Å². The predicted molar refractivity (Wildman–Crippen MR) is 135 cm³/mol. The van der Waals surface area contributed by atoms with Gasteiger partial charge in [0.15, 0.2) is 0 Å². The minimum absolute atomic E-state index is 0.910. The third kappa shape index (κ3) is 2.55. The maximum Gasteiger partial charge on any atom is 0.143 e. The van der Waals surface area contributed by atoms with Gasteiger partial charge in [0, 0.05) is 65.6 Å². The molecular weight excluding hydrogens is 410 g/mol. The van der Waals surface area contributed by atoms with Crippen molar-refractivity contribution in [2.75, 3.05) is 0 Å². The Balaban J connectivity index is 1.45. The van der Waals surface area contributed by atoms with E-state index >= 15 is 0 Å². The summed E-state index contributed by atoms with van der Waals surface area (Å²) >= 11 is 1.84. The van der Waals surface area contributed by atoms with Crippen molar-refractivity contribution in [3.05, 3.63) is 103 Å². The topological polar surface area (TPSA) is 26.0 Å². The Labute approximate surface area is 188 Å². The minimum atomic E-state index is 0.910. The van der Waals surface area contributed by atoms with Gasteiger partial charge in [0.05, 0.1) is 0 Å². The van der Waals surface area contributed by atoms with Gasteiger partial charge in [-0.15, -0.1) is 11.3 Å². The molecule has 2 nitrogen and oxygen atoms in total. The predicted octanol–water partition coefficient (Wildman–Crippen LogP) is 8.68. The first-order valence-electron chi connectivity index (χ1n) is 10.6. The van der Waals surface area contributed by atoms with Gasteiger partial charge < -0.3 is 4.42 Å². The van der Waals surface area contributed by atoms with E-state index in [0.717, 1.165) is 38.6 Å². The molecule has 3 aromatic heterocycles. The fourth-order valence-corrected chi connectivity index (χ4v) is 5.92. The van der Waals surface area contributed by atoms with Crippen molar-refractivity contribution in [2.45, 2.75) is 0 Å². The standard InChI is InChI=1S/C29H17NOS/c1-3-13-26-22(7-1)24-11-5-9-20(28(24)31-26)18-15-19(17-30-16-18)21-10-6-12-25-23-8-2-4-14-27(23)32-29(21)25/h1-17H. The molecule has 0 saturated heterocycles. The lowest BCUT2D eigenvalue weighted by molar-refractivity contribution is 0.670. The van der Waals surface area contributed by atoms with Crippen LogP contribution in [0.2, 0.25) is 0 Å². The molecule has 0 radical (unpaired) electrons. The van der Waals surface area contributed by atoms with E-state index in [2.05, 4.69) is 83.8 Å². The molecule has 7 aromatic rings. The molecule has 7 rings (SSSR count). The lowest BCUT2D eigenvalue weighted by Gasteiger charge is -2.07. The van der Waals surface area contributed by atoms with E-state index in [9.17, 15) is 0 Å². The van der Waals surface area contributed by atoms with E-state index in [1.807, 2.05) is 35.9 Å². The van der Waals surface area contributed by atoms with Gasteiger partial charge in [0.25, 0.3) is 0 Å². The summed E-state index contributed by atoms with van der Waals surface area (Å²) in [5.74, 6) is 0. The number of fused-ring (bicyclic) bond motifs is 6. The third-order valence-corrected chi connectivity index (χ3v) is 7.39. The van der Waals surface area contributed by atoms with Gasteiger partial charge in [-0.1, -0.05) is 72.8 Å². The molecule has 0 bridgehead atoms. The molecule has 3 heteroatoms. The Morgan fingerprint density at radius 1 is 0.594 bits per heavy atom. The maximum absolute atomic E-state index is 6.27. The Kier molecular flexibility index (Phi) is 3.75. The van der Waals surface area contributed by atoms with Gasteiger partial charge in [0.2, 0.25) is 0 Å². The first kappa shape index (κ1) is 17.7. The minimum Gasteiger partial charge on any atom is -0.455 e. The van der Waals surface area contributed by atoms with Crippen LogP contribution in [0, 0.1) is 0 Å². The van der Waals surface area contributed by atoms with Crippen molar-refractivity contribution in [3.63, 3.8) is 0 Å². The summed E-state index contributed by atoms with van der Waals surface area (Å²) in [6.45, 7) is 0. The summed E-state index contributed by atoms with van der Waals surface area (Å²) in [5, 5.41) is 4.89. The number of nitrogens with zero attached hydrogens (tertiary/aromatic N) is 1. The van der Waals surface area contributed by atoms with Crippen molar-refractivity contribution >= 4 is 53.4 Å². The fraction of sp³-hybridized carbons (Fsp3) is 0. The van der Waals surface area contributed by atoms with Crippen molar-refractivity contribution in [3.8, 4) is 22.3 Å². The number of benzene rings is 4. The van der Waals surface area contributed by atoms with E-state index < -0.39 is 0 Å². The lowest BCUT2D eigenvalue weighted by atomic mass is 9.99. The van der Waals surface area contributed by atoms with E-state index in [1.54, 1.807) is 0 Å². The average molecular weight is 428 g/mol. The number of hydrogen-bond donors (Lipinski definition) is 0. The average Bonchev–Trinajstić information content (AvgIpc) is 3.42. The molecule has 0 amide bonds. The fourth-order valence-electron chi connectivity index (χ4n) is 4.68. The van der Waals surface area contributed by atoms with E-state index in [0.29, 0.717) is 0 Å². The van der Waals surface area contributed by atoms with E-state index in [-0.39, 0.29) is 0 Å². The SMILES string of the molecule is c1ccc2c(c1)oc1c(-c3cncc(-c4cccc5c4sc4ccccc45)c3)cccc12. The zero-order chi connectivity index (χ0) is 21.1. The number of para-hydroxylation sites is 2. The van der Waals surface area contributed by atoms with Gasteiger partial charge in [-0.25, -0.2) is 0 Å².